The van der Waals surface area contributed by atoms with Crippen LogP contribution >= 0.6 is 11.8 Å². The molecule has 0 amide bonds. The predicted octanol–water partition coefficient (Wildman–Crippen LogP) is 3.11. The van der Waals surface area contributed by atoms with E-state index in [9.17, 15) is 4.79 Å². The van der Waals surface area contributed by atoms with Crippen LogP contribution in [-0.4, -0.2) is 41.1 Å². The molecule has 0 saturated heterocycles. The van der Waals surface area contributed by atoms with E-state index in [1.165, 1.54) is 6.07 Å². The van der Waals surface area contributed by atoms with Crippen molar-refractivity contribution in [2.45, 2.75) is 32.4 Å². The Hall–Kier alpha value is -0.940. The highest BCUT2D eigenvalue weighted by Gasteiger charge is 2.22. The van der Waals surface area contributed by atoms with Gasteiger partial charge in [0.1, 0.15) is 5.76 Å². The molecule has 0 saturated carbocycles. The summed E-state index contributed by atoms with van der Waals surface area (Å²) in [6.07, 6.45) is 3.16. The Kier molecular flexibility index (Phi) is 5.75. The molecule has 1 heterocycles. The summed E-state index contributed by atoms with van der Waals surface area (Å²) in [6.45, 7) is 4.20. The topological polar surface area (TPSA) is 53.7 Å². The number of hydrogen-bond acceptors (Lipinski definition) is 4. The van der Waals surface area contributed by atoms with E-state index in [4.69, 9.17) is 9.52 Å². The minimum absolute atomic E-state index is 0.00293. The molecule has 1 aromatic rings. The SMILES string of the molecule is CCC(CSC)N(C)C(C)c1ccc(C(=O)O)o1. The van der Waals surface area contributed by atoms with Crippen LogP contribution in [0.25, 0.3) is 0 Å². The molecule has 5 heteroatoms. The molecule has 0 spiro atoms. The molecule has 1 rings (SSSR count). The number of hydrogen-bond donors (Lipinski definition) is 1. The van der Waals surface area contributed by atoms with Crippen LogP contribution in [0.15, 0.2) is 16.5 Å². The number of nitrogens with zero attached hydrogens (tertiary/aromatic N) is 1. The van der Waals surface area contributed by atoms with Gasteiger partial charge >= 0.3 is 5.97 Å². The van der Waals surface area contributed by atoms with E-state index in [1.807, 2.05) is 18.7 Å². The Morgan fingerprint density at radius 3 is 2.67 bits per heavy atom. The van der Waals surface area contributed by atoms with Gasteiger partial charge in [0.2, 0.25) is 5.76 Å². The highest BCUT2D eigenvalue weighted by molar-refractivity contribution is 7.98. The van der Waals surface area contributed by atoms with Gasteiger partial charge in [-0.3, -0.25) is 4.90 Å². The summed E-state index contributed by atoms with van der Waals surface area (Å²) in [5.41, 5.74) is 0. The zero-order valence-electron chi connectivity index (χ0n) is 11.3. The lowest BCUT2D eigenvalue weighted by molar-refractivity contribution is 0.0655. The van der Waals surface area contributed by atoms with E-state index in [1.54, 1.807) is 6.07 Å². The van der Waals surface area contributed by atoms with Crippen LogP contribution in [0, 0.1) is 0 Å². The van der Waals surface area contributed by atoms with Gasteiger partial charge in [-0.2, -0.15) is 11.8 Å². The first-order chi connectivity index (χ1) is 8.51. The molecule has 0 aliphatic rings. The van der Waals surface area contributed by atoms with Gasteiger partial charge < -0.3 is 9.52 Å². The van der Waals surface area contributed by atoms with Crippen LogP contribution in [0.4, 0.5) is 0 Å². The monoisotopic (exact) mass is 271 g/mol. The molecule has 2 atom stereocenters. The number of carboxylic acid groups (broad SMARTS) is 1. The standard InChI is InChI=1S/C13H21NO3S/c1-5-10(8-18-4)14(3)9(2)11-6-7-12(17-11)13(15)16/h6-7,9-10H,5,8H2,1-4H3,(H,15,16). The fraction of sp³-hybridized carbons (Fsp3) is 0.615. The molecule has 2 unspecified atom stereocenters. The van der Waals surface area contributed by atoms with Gasteiger partial charge in [-0.25, -0.2) is 4.79 Å². The van der Waals surface area contributed by atoms with Crippen LogP contribution in [-0.2, 0) is 0 Å². The molecule has 1 aromatic heterocycles. The van der Waals surface area contributed by atoms with Crippen molar-refractivity contribution in [2.24, 2.45) is 0 Å². The molecular weight excluding hydrogens is 250 g/mol. The Balaban J connectivity index is 2.77. The van der Waals surface area contributed by atoms with Crippen LogP contribution in [0.3, 0.4) is 0 Å². The fourth-order valence-electron chi connectivity index (χ4n) is 1.93. The smallest absolute Gasteiger partial charge is 0.371 e. The van der Waals surface area contributed by atoms with Gasteiger partial charge in [0, 0.05) is 11.8 Å². The first-order valence-electron chi connectivity index (χ1n) is 6.05. The quantitative estimate of drug-likeness (QED) is 0.825. The zero-order chi connectivity index (χ0) is 13.7. The lowest BCUT2D eigenvalue weighted by Crippen LogP contribution is -2.35. The van der Waals surface area contributed by atoms with E-state index in [0.717, 1.165) is 12.2 Å². The molecule has 18 heavy (non-hydrogen) atoms. The summed E-state index contributed by atoms with van der Waals surface area (Å²) in [6, 6.07) is 3.80. The maximum absolute atomic E-state index is 10.8. The summed E-state index contributed by atoms with van der Waals surface area (Å²) >= 11 is 1.82. The van der Waals surface area contributed by atoms with Gasteiger partial charge in [-0.05, 0) is 38.8 Å². The first kappa shape index (κ1) is 15.1. The number of thioether (sulfide) groups is 1. The number of aromatic carboxylic acids is 1. The molecule has 1 N–H and O–H groups in total. The highest BCUT2D eigenvalue weighted by atomic mass is 32.2. The zero-order valence-corrected chi connectivity index (χ0v) is 12.2. The Morgan fingerprint density at radius 2 is 2.22 bits per heavy atom. The largest absolute Gasteiger partial charge is 0.475 e. The summed E-state index contributed by atoms with van der Waals surface area (Å²) in [7, 11) is 2.05. The van der Waals surface area contributed by atoms with E-state index >= 15 is 0 Å². The Morgan fingerprint density at radius 1 is 1.56 bits per heavy atom. The Labute approximate surface area is 112 Å². The third-order valence-corrected chi connectivity index (χ3v) is 3.98. The average Bonchev–Trinajstić information content (AvgIpc) is 2.83. The molecular formula is C13H21NO3S. The lowest BCUT2D eigenvalue weighted by atomic mass is 10.1. The minimum atomic E-state index is -1.02. The van der Waals surface area contributed by atoms with Crippen molar-refractivity contribution in [2.75, 3.05) is 19.1 Å². The summed E-state index contributed by atoms with van der Waals surface area (Å²) < 4.78 is 5.35. The highest BCUT2D eigenvalue weighted by Crippen LogP contribution is 2.25. The van der Waals surface area contributed by atoms with Crippen molar-refractivity contribution in [1.82, 2.24) is 4.90 Å². The summed E-state index contributed by atoms with van der Waals surface area (Å²) in [5.74, 6) is 0.744. The van der Waals surface area contributed by atoms with E-state index in [-0.39, 0.29) is 11.8 Å². The molecule has 0 aromatic carbocycles. The average molecular weight is 271 g/mol. The van der Waals surface area contributed by atoms with Gasteiger partial charge in [-0.15, -0.1) is 0 Å². The van der Waals surface area contributed by atoms with Crippen molar-refractivity contribution in [3.63, 3.8) is 0 Å². The second kappa shape index (κ2) is 6.85. The molecule has 0 aliphatic heterocycles. The van der Waals surface area contributed by atoms with Gasteiger partial charge in [-0.1, -0.05) is 6.92 Å². The number of rotatable bonds is 7. The van der Waals surface area contributed by atoms with Crippen LogP contribution in [0.5, 0.6) is 0 Å². The van der Waals surface area contributed by atoms with Gasteiger partial charge in [0.05, 0.1) is 6.04 Å². The molecule has 102 valence electrons. The van der Waals surface area contributed by atoms with E-state index in [2.05, 4.69) is 25.1 Å². The van der Waals surface area contributed by atoms with E-state index < -0.39 is 5.97 Å². The summed E-state index contributed by atoms with van der Waals surface area (Å²) in [5, 5.41) is 8.85. The molecule has 0 aliphatic carbocycles. The van der Waals surface area contributed by atoms with Crippen LogP contribution < -0.4 is 0 Å². The van der Waals surface area contributed by atoms with Crippen molar-refractivity contribution < 1.29 is 14.3 Å². The molecule has 0 fully saturated rings. The second-order valence-corrected chi connectivity index (χ2v) is 5.28. The van der Waals surface area contributed by atoms with Crippen molar-refractivity contribution >= 4 is 17.7 Å². The predicted molar refractivity (Wildman–Crippen MR) is 74.3 cm³/mol. The lowest BCUT2D eigenvalue weighted by Gasteiger charge is -2.31. The van der Waals surface area contributed by atoms with Crippen LogP contribution in [0.1, 0.15) is 42.6 Å². The normalized spacial score (nSPS) is 14.7. The molecule has 4 nitrogen and oxygen atoms in total. The van der Waals surface area contributed by atoms with Gasteiger partial charge in [0.15, 0.2) is 0 Å². The number of carbonyl (C=O) groups is 1. The minimum Gasteiger partial charge on any atom is -0.475 e. The molecule has 0 radical (unpaired) electrons. The van der Waals surface area contributed by atoms with Crippen molar-refractivity contribution in [3.8, 4) is 0 Å². The molecule has 0 bridgehead atoms. The Bertz CT molecular complexity index is 391. The van der Waals surface area contributed by atoms with Crippen molar-refractivity contribution in [3.05, 3.63) is 23.7 Å². The first-order valence-corrected chi connectivity index (χ1v) is 7.44. The van der Waals surface area contributed by atoms with Crippen LogP contribution in [0.2, 0.25) is 0 Å². The maximum atomic E-state index is 10.8. The number of carboxylic acids is 1. The van der Waals surface area contributed by atoms with Crippen molar-refractivity contribution in [1.29, 1.82) is 0 Å². The number of furan rings is 1. The summed E-state index contributed by atoms with van der Waals surface area (Å²) in [4.78, 5) is 13.0. The third kappa shape index (κ3) is 3.53. The van der Waals surface area contributed by atoms with Gasteiger partial charge in [0.25, 0.3) is 0 Å². The third-order valence-electron chi connectivity index (χ3n) is 3.27. The maximum Gasteiger partial charge on any atom is 0.371 e. The van der Waals surface area contributed by atoms with E-state index in [0.29, 0.717) is 11.8 Å². The second-order valence-electron chi connectivity index (χ2n) is 4.37. The fourth-order valence-corrected chi connectivity index (χ4v) is 2.78.